The van der Waals surface area contributed by atoms with Crippen LogP contribution >= 0.6 is 0 Å². The SMILES string of the molecule is C=CCN(C(=O)C(=C)Oc1ccc(C2CC2)cc1)c1cnn(CCOC2CCCCO2)c1. The van der Waals surface area contributed by atoms with Gasteiger partial charge in [-0.1, -0.05) is 24.8 Å². The van der Waals surface area contributed by atoms with Crippen LogP contribution in [0.2, 0.25) is 0 Å². The predicted molar refractivity (Wildman–Crippen MR) is 123 cm³/mol. The molecule has 0 radical (unpaired) electrons. The number of hydrogen-bond donors (Lipinski definition) is 0. The first kappa shape index (κ1) is 22.3. The Morgan fingerprint density at radius 2 is 2.06 bits per heavy atom. The number of nitrogens with zero attached hydrogens (tertiary/aromatic N) is 3. The van der Waals surface area contributed by atoms with Gasteiger partial charge in [-0.3, -0.25) is 14.4 Å². The van der Waals surface area contributed by atoms with E-state index in [2.05, 4.69) is 30.4 Å². The van der Waals surface area contributed by atoms with Crippen LogP contribution in [-0.4, -0.2) is 41.7 Å². The fourth-order valence-corrected chi connectivity index (χ4v) is 3.73. The molecule has 170 valence electrons. The Kier molecular flexibility index (Phi) is 7.39. The number of anilines is 1. The van der Waals surface area contributed by atoms with Gasteiger partial charge in [0.25, 0.3) is 5.91 Å². The average Bonchev–Trinajstić information content (AvgIpc) is 3.57. The van der Waals surface area contributed by atoms with Crippen molar-refractivity contribution in [1.82, 2.24) is 9.78 Å². The third-order valence-electron chi connectivity index (χ3n) is 5.66. The summed E-state index contributed by atoms with van der Waals surface area (Å²) in [6.45, 7) is 9.75. The molecule has 7 nitrogen and oxygen atoms in total. The average molecular weight is 438 g/mol. The van der Waals surface area contributed by atoms with Crippen molar-refractivity contribution in [3.63, 3.8) is 0 Å². The van der Waals surface area contributed by atoms with E-state index in [1.54, 1.807) is 21.9 Å². The maximum Gasteiger partial charge on any atom is 0.293 e. The molecule has 1 aromatic heterocycles. The lowest BCUT2D eigenvalue weighted by Crippen LogP contribution is -2.33. The van der Waals surface area contributed by atoms with Crippen molar-refractivity contribution in [1.29, 1.82) is 0 Å². The smallest absolute Gasteiger partial charge is 0.293 e. The second kappa shape index (κ2) is 10.6. The van der Waals surface area contributed by atoms with Crippen molar-refractivity contribution < 1.29 is 19.0 Å². The van der Waals surface area contributed by atoms with E-state index < -0.39 is 0 Å². The molecule has 1 aliphatic heterocycles. The molecule has 2 aliphatic rings. The number of amides is 1. The molecule has 2 aromatic rings. The van der Waals surface area contributed by atoms with Crippen LogP contribution < -0.4 is 9.64 Å². The van der Waals surface area contributed by atoms with Crippen LogP contribution in [0.3, 0.4) is 0 Å². The number of ether oxygens (including phenoxy) is 3. The van der Waals surface area contributed by atoms with Gasteiger partial charge in [0.15, 0.2) is 12.0 Å². The van der Waals surface area contributed by atoms with Crippen LogP contribution in [-0.2, 0) is 20.8 Å². The van der Waals surface area contributed by atoms with Gasteiger partial charge in [0.2, 0.25) is 0 Å². The number of carbonyl (C=O) groups excluding carboxylic acids is 1. The number of rotatable bonds is 11. The zero-order chi connectivity index (χ0) is 22.3. The van der Waals surface area contributed by atoms with Crippen molar-refractivity contribution in [2.45, 2.75) is 50.9 Å². The fraction of sp³-hybridized carbons (Fsp3) is 0.440. The summed E-state index contributed by atoms with van der Waals surface area (Å²) in [4.78, 5) is 14.6. The van der Waals surface area contributed by atoms with Crippen molar-refractivity contribution in [2.24, 2.45) is 0 Å². The predicted octanol–water partition coefficient (Wildman–Crippen LogP) is 4.42. The van der Waals surface area contributed by atoms with Gasteiger partial charge in [-0.15, -0.1) is 6.58 Å². The van der Waals surface area contributed by atoms with Gasteiger partial charge < -0.3 is 14.2 Å². The van der Waals surface area contributed by atoms with Gasteiger partial charge in [0.05, 0.1) is 25.0 Å². The van der Waals surface area contributed by atoms with E-state index in [1.165, 1.54) is 18.4 Å². The molecule has 7 heteroatoms. The van der Waals surface area contributed by atoms with Crippen molar-refractivity contribution in [3.8, 4) is 5.75 Å². The first-order valence-electron chi connectivity index (χ1n) is 11.3. The van der Waals surface area contributed by atoms with Crippen molar-refractivity contribution >= 4 is 11.6 Å². The van der Waals surface area contributed by atoms with Crippen LogP contribution in [0.4, 0.5) is 5.69 Å². The van der Waals surface area contributed by atoms with Crippen LogP contribution in [0.15, 0.2) is 61.7 Å². The molecular weight excluding hydrogens is 406 g/mol. The van der Waals surface area contributed by atoms with Gasteiger partial charge in [0.1, 0.15) is 5.75 Å². The fourth-order valence-electron chi connectivity index (χ4n) is 3.73. The maximum atomic E-state index is 13.0. The standard InChI is InChI=1S/C25H31N3O4/c1-3-13-28(22-17-26-27(18-22)14-16-31-24-6-4-5-15-30-24)25(29)19(2)32-23-11-9-21(10-12-23)20-7-8-20/h3,9-12,17-18,20,24H,1-2,4-8,13-16H2. The molecule has 1 saturated heterocycles. The van der Waals surface area contributed by atoms with Gasteiger partial charge in [-0.05, 0) is 55.7 Å². The van der Waals surface area contributed by atoms with E-state index >= 15 is 0 Å². The van der Waals surface area contributed by atoms with Gasteiger partial charge in [0, 0.05) is 19.3 Å². The minimum atomic E-state index is -0.331. The van der Waals surface area contributed by atoms with Crippen molar-refractivity contribution in [2.75, 3.05) is 24.7 Å². The van der Waals surface area contributed by atoms with Gasteiger partial charge in [-0.2, -0.15) is 5.10 Å². The molecule has 1 aliphatic carbocycles. The van der Waals surface area contributed by atoms with E-state index in [0.29, 0.717) is 37.1 Å². The molecule has 1 atom stereocenters. The Hall–Kier alpha value is -2.90. The Morgan fingerprint density at radius 1 is 1.25 bits per heavy atom. The second-order valence-electron chi connectivity index (χ2n) is 8.20. The topological polar surface area (TPSA) is 65.8 Å². The summed E-state index contributed by atoms with van der Waals surface area (Å²) in [7, 11) is 0. The normalized spacial score (nSPS) is 18.2. The van der Waals surface area contributed by atoms with E-state index in [-0.39, 0.29) is 18.0 Å². The summed E-state index contributed by atoms with van der Waals surface area (Å²) in [6, 6.07) is 7.88. The number of benzene rings is 1. The first-order valence-corrected chi connectivity index (χ1v) is 11.3. The van der Waals surface area contributed by atoms with E-state index in [9.17, 15) is 4.79 Å². The second-order valence-corrected chi connectivity index (χ2v) is 8.20. The summed E-state index contributed by atoms with van der Waals surface area (Å²) in [6.07, 6.45) is 10.6. The molecule has 32 heavy (non-hydrogen) atoms. The molecule has 0 N–H and O–H groups in total. The molecule has 1 aromatic carbocycles. The number of hydrogen-bond acceptors (Lipinski definition) is 5. The molecule has 4 rings (SSSR count). The zero-order valence-corrected chi connectivity index (χ0v) is 18.4. The summed E-state index contributed by atoms with van der Waals surface area (Å²) >= 11 is 0. The summed E-state index contributed by atoms with van der Waals surface area (Å²) in [5.74, 6) is 0.998. The van der Waals surface area contributed by atoms with Crippen LogP contribution in [0, 0.1) is 0 Å². The number of carbonyl (C=O) groups is 1. The number of aromatic nitrogens is 2. The highest BCUT2D eigenvalue weighted by Gasteiger charge is 2.24. The molecule has 1 unspecified atom stereocenters. The van der Waals surface area contributed by atoms with Gasteiger partial charge in [-0.25, -0.2) is 0 Å². The van der Waals surface area contributed by atoms with E-state index in [1.807, 2.05) is 18.3 Å². The maximum absolute atomic E-state index is 13.0. The molecule has 2 fully saturated rings. The quantitative estimate of drug-likeness (QED) is 0.296. The first-order chi connectivity index (χ1) is 15.6. The third-order valence-corrected chi connectivity index (χ3v) is 5.66. The summed E-state index contributed by atoms with van der Waals surface area (Å²) < 4.78 is 18.8. The minimum absolute atomic E-state index is 0.0524. The third kappa shape index (κ3) is 5.87. The molecule has 0 spiro atoms. The van der Waals surface area contributed by atoms with Crippen molar-refractivity contribution in [3.05, 3.63) is 67.2 Å². The highest BCUT2D eigenvalue weighted by atomic mass is 16.7. The lowest BCUT2D eigenvalue weighted by Gasteiger charge is -2.22. The molecule has 2 heterocycles. The molecule has 1 saturated carbocycles. The largest absolute Gasteiger partial charge is 0.452 e. The van der Waals surface area contributed by atoms with Gasteiger partial charge >= 0.3 is 0 Å². The lowest BCUT2D eigenvalue weighted by molar-refractivity contribution is -0.163. The molecular formula is C25H31N3O4. The Balaban J connectivity index is 1.32. The summed E-state index contributed by atoms with van der Waals surface area (Å²) in [5.41, 5.74) is 1.96. The summed E-state index contributed by atoms with van der Waals surface area (Å²) in [5, 5.41) is 4.36. The Bertz CT molecular complexity index is 927. The van der Waals surface area contributed by atoms with E-state index in [0.717, 1.165) is 25.9 Å². The Morgan fingerprint density at radius 3 is 2.75 bits per heavy atom. The van der Waals surface area contributed by atoms with Crippen LogP contribution in [0.1, 0.15) is 43.6 Å². The highest BCUT2D eigenvalue weighted by molar-refractivity contribution is 6.04. The zero-order valence-electron chi connectivity index (χ0n) is 18.4. The monoisotopic (exact) mass is 437 g/mol. The highest BCUT2D eigenvalue weighted by Crippen LogP contribution is 2.40. The molecule has 0 bridgehead atoms. The Labute approximate surface area is 189 Å². The lowest BCUT2D eigenvalue weighted by atomic mass is 10.1. The van der Waals surface area contributed by atoms with E-state index in [4.69, 9.17) is 14.2 Å². The molecule has 1 amide bonds. The van der Waals surface area contributed by atoms with Crippen LogP contribution in [0.5, 0.6) is 5.75 Å². The van der Waals surface area contributed by atoms with Crippen LogP contribution in [0.25, 0.3) is 0 Å². The minimum Gasteiger partial charge on any atom is -0.452 e.